The van der Waals surface area contributed by atoms with Crippen LogP contribution in [0.1, 0.15) is 5.56 Å². The number of hydrogen-bond acceptors (Lipinski definition) is 8. The van der Waals surface area contributed by atoms with Crippen molar-refractivity contribution in [2.75, 3.05) is 11.1 Å². The molecule has 9 heteroatoms. The van der Waals surface area contributed by atoms with E-state index in [9.17, 15) is 5.26 Å². The first-order chi connectivity index (χ1) is 12.7. The first-order valence-corrected chi connectivity index (χ1v) is 8.64. The molecule has 0 aliphatic heterocycles. The number of fused-ring (bicyclic) bond motifs is 1. The summed E-state index contributed by atoms with van der Waals surface area (Å²) in [7, 11) is 0. The molecule has 0 bridgehead atoms. The molecular formula is C17H10ClN7S. The number of pyridine rings is 1. The normalized spacial score (nSPS) is 10.6. The van der Waals surface area contributed by atoms with Gasteiger partial charge in [-0.05, 0) is 18.2 Å². The van der Waals surface area contributed by atoms with Crippen LogP contribution in [0, 0.1) is 11.3 Å². The number of aromatic nitrogens is 4. The Labute approximate surface area is 157 Å². The number of thiazole rings is 1. The van der Waals surface area contributed by atoms with Crippen molar-refractivity contribution in [2.24, 2.45) is 0 Å². The molecule has 7 nitrogen and oxygen atoms in total. The van der Waals surface area contributed by atoms with Crippen LogP contribution in [0.25, 0.3) is 20.8 Å². The van der Waals surface area contributed by atoms with Crippen LogP contribution in [0.15, 0.2) is 42.9 Å². The molecule has 0 aliphatic carbocycles. The number of nitrogens with zero attached hydrogens (tertiary/aromatic N) is 5. The van der Waals surface area contributed by atoms with Crippen LogP contribution in [0.3, 0.4) is 0 Å². The van der Waals surface area contributed by atoms with E-state index >= 15 is 0 Å². The second-order valence-corrected chi connectivity index (χ2v) is 6.66. The largest absolute Gasteiger partial charge is 0.384 e. The van der Waals surface area contributed by atoms with Gasteiger partial charge in [0.25, 0.3) is 0 Å². The molecule has 0 radical (unpaired) electrons. The van der Waals surface area contributed by atoms with Crippen molar-refractivity contribution in [3.8, 4) is 16.6 Å². The lowest BCUT2D eigenvalue weighted by molar-refractivity contribution is 1.17. The number of anilines is 3. The molecule has 26 heavy (non-hydrogen) atoms. The summed E-state index contributed by atoms with van der Waals surface area (Å²) in [4.78, 5) is 17.0. The van der Waals surface area contributed by atoms with E-state index in [1.165, 1.54) is 17.7 Å². The number of hydrogen-bond donors (Lipinski definition) is 2. The Morgan fingerprint density at radius 2 is 2.08 bits per heavy atom. The molecule has 0 amide bonds. The highest BCUT2D eigenvalue weighted by Crippen LogP contribution is 2.38. The average Bonchev–Trinajstić information content (AvgIpc) is 3.06. The van der Waals surface area contributed by atoms with Crippen LogP contribution >= 0.6 is 22.9 Å². The van der Waals surface area contributed by atoms with Gasteiger partial charge in [-0.3, -0.25) is 0 Å². The van der Waals surface area contributed by atoms with Gasteiger partial charge in [0.05, 0.1) is 26.9 Å². The summed E-state index contributed by atoms with van der Waals surface area (Å²) in [6.45, 7) is 0. The van der Waals surface area contributed by atoms with Crippen LogP contribution < -0.4 is 11.1 Å². The Morgan fingerprint density at radius 1 is 1.19 bits per heavy atom. The highest BCUT2D eigenvalue weighted by Gasteiger charge is 2.16. The highest BCUT2D eigenvalue weighted by molar-refractivity contribution is 7.22. The van der Waals surface area contributed by atoms with Gasteiger partial charge < -0.3 is 11.1 Å². The molecule has 3 N–H and O–H groups in total. The van der Waals surface area contributed by atoms with E-state index < -0.39 is 0 Å². The van der Waals surface area contributed by atoms with Crippen molar-refractivity contribution in [3.05, 3.63) is 53.4 Å². The van der Waals surface area contributed by atoms with Crippen molar-refractivity contribution >= 4 is 50.6 Å². The molecule has 0 atom stereocenters. The third-order valence-electron chi connectivity index (χ3n) is 3.59. The summed E-state index contributed by atoms with van der Waals surface area (Å²) in [5, 5.41) is 13.6. The molecule has 0 spiro atoms. The Morgan fingerprint density at radius 3 is 2.88 bits per heavy atom. The number of nitrogens with two attached hydrogens (primary N) is 1. The zero-order chi connectivity index (χ0) is 18.1. The fourth-order valence-electron chi connectivity index (χ4n) is 2.45. The van der Waals surface area contributed by atoms with Gasteiger partial charge in [0, 0.05) is 17.8 Å². The lowest BCUT2D eigenvalue weighted by Gasteiger charge is -2.05. The molecule has 126 valence electrons. The first kappa shape index (κ1) is 16.2. The second-order valence-electron chi connectivity index (χ2n) is 5.25. The minimum absolute atomic E-state index is 0.356. The third-order valence-corrected chi connectivity index (χ3v) is 5.00. The Kier molecular flexibility index (Phi) is 4.08. The van der Waals surface area contributed by atoms with E-state index in [2.05, 4.69) is 31.3 Å². The maximum absolute atomic E-state index is 9.37. The number of halogens is 1. The quantitative estimate of drug-likeness (QED) is 0.553. The van der Waals surface area contributed by atoms with Crippen LogP contribution in [0.2, 0.25) is 5.02 Å². The van der Waals surface area contributed by atoms with Gasteiger partial charge in [-0.25, -0.2) is 19.9 Å². The first-order valence-electron chi connectivity index (χ1n) is 7.45. The lowest BCUT2D eigenvalue weighted by atomic mass is 10.1. The van der Waals surface area contributed by atoms with Crippen LogP contribution in [-0.2, 0) is 0 Å². The SMILES string of the molecule is N#Cc1cccc(Cl)c1-c1nc2ccnc(Nc3cc(N)ncn3)c2s1. The second kappa shape index (κ2) is 6.55. The summed E-state index contributed by atoms with van der Waals surface area (Å²) in [6.07, 6.45) is 3.02. The molecule has 0 aliphatic rings. The van der Waals surface area contributed by atoms with Gasteiger partial charge in [0.1, 0.15) is 23.0 Å². The third kappa shape index (κ3) is 2.90. The number of nitriles is 1. The fourth-order valence-corrected chi connectivity index (χ4v) is 3.85. The van der Waals surface area contributed by atoms with Crippen molar-refractivity contribution in [1.82, 2.24) is 19.9 Å². The zero-order valence-electron chi connectivity index (χ0n) is 13.1. The predicted molar refractivity (Wildman–Crippen MR) is 102 cm³/mol. The molecule has 1 aromatic carbocycles. The van der Waals surface area contributed by atoms with Gasteiger partial charge in [-0.1, -0.05) is 17.7 Å². The van der Waals surface area contributed by atoms with Gasteiger partial charge in [0.2, 0.25) is 0 Å². The minimum atomic E-state index is 0.356. The minimum Gasteiger partial charge on any atom is -0.384 e. The fraction of sp³-hybridized carbons (Fsp3) is 0. The van der Waals surface area contributed by atoms with E-state index in [1.807, 2.05) is 0 Å². The molecular weight excluding hydrogens is 370 g/mol. The standard InChI is InChI=1S/C17H10ClN7S/c18-10-3-1-2-9(7-19)14(10)17-24-11-4-5-21-16(15(11)26-17)25-13-6-12(20)22-8-23-13/h1-6,8H,(H3,20,21,22,23,25). The van der Waals surface area contributed by atoms with Gasteiger partial charge in [0.15, 0.2) is 5.82 Å². The Hall–Kier alpha value is -3.28. The van der Waals surface area contributed by atoms with E-state index in [-0.39, 0.29) is 0 Å². The maximum atomic E-state index is 9.37. The van der Waals surface area contributed by atoms with Crippen molar-refractivity contribution in [2.45, 2.75) is 0 Å². The molecule has 0 saturated heterocycles. The lowest BCUT2D eigenvalue weighted by Crippen LogP contribution is -1.98. The molecule has 0 fully saturated rings. The van der Waals surface area contributed by atoms with E-state index in [4.69, 9.17) is 17.3 Å². The van der Waals surface area contributed by atoms with Crippen molar-refractivity contribution in [1.29, 1.82) is 5.26 Å². The molecule has 0 unspecified atom stereocenters. The highest BCUT2D eigenvalue weighted by atomic mass is 35.5. The van der Waals surface area contributed by atoms with Crippen LogP contribution in [-0.4, -0.2) is 19.9 Å². The molecule has 4 aromatic rings. The topological polar surface area (TPSA) is 113 Å². The monoisotopic (exact) mass is 379 g/mol. The molecule has 4 rings (SSSR count). The molecule has 3 aromatic heterocycles. The van der Waals surface area contributed by atoms with E-state index in [0.717, 1.165) is 10.2 Å². The van der Waals surface area contributed by atoms with Crippen LogP contribution in [0.4, 0.5) is 17.5 Å². The summed E-state index contributed by atoms with van der Waals surface area (Å²) in [5.74, 6) is 1.48. The van der Waals surface area contributed by atoms with Gasteiger partial charge in [-0.15, -0.1) is 11.3 Å². The molecule has 3 heterocycles. The number of rotatable bonds is 3. The predicted octanol–water partition coefficient (Wildman–Crippen LogP) is 4.00. The Bertz CT molecular complexity index is 1170. The van der Waals surface area contributed by atoms with E-state index in [0.29, 0.717) is 38.6 Å². The molecule has 0 saturated carbocycles. The summed E-state index contributed by atoms with van der Waals surface area (Å²) >= 11 is 7.71. The average molecular weight is 380 g/mol. The van der Waals surface area contributed by atoms with Crippen molar-refractivity contribution < 1.29 is 0 Å². The summed E-state index contributed by atoms with van der Waals surface area (Å²) in [5.41, 5.74) is 7.53. The van der Waals surface area contributed by atoms with Crippen LogP contribution in [0.5, 0.6) is 0 Å². The smallest absolute Gasteiger partial charge is 0.151 e. The Balaban J connectivity index is 1.83. The maximum Gasteiger partial charge on any atom is 0.151 e. The van der Waals surface area contributed by atoms with Crippen molar-refractivity contribution in [3.63, 3.8) is 0 Å². The van der Waals surface area contributed by atoms with Gasteiger partial charge >= 0.3 is 0 Å². The zero-order valence-corrected chi connectivity index (χ0v) is 14.7. The number of benzene rings is 1. The number of nitrogens with one attached hydrogen (secondary N) is 1. The van der Waals surface area contributed by atoms with Gasteiger partial charge in [-0.2, -0.15) is 5.26 Å². The number of nitrogen functional groups attached to an aromatic ring is 1. The summed E-state index contributed by atoms with van der Waals surface area (Å²) < 4.78 is 0.823. The summed E-state index contributed by atoms with van der Waals surface area (Å²) in [6, 6.07) is 10.8. The van der Waals surface area contributed by atoms with E-state index in [1.54, 1.807) is 36.5 Å².